The zero-order chi connectivity index (χ0) is 13.9. The quantitative estimate of drug-likeness (QED) is 0.932. The van der Waals surface area contributed by atoms with Crippen molar-refractivity contribution in [3.05, 3.63) is 58.7 Å². The Morgan fingerprint density at radius 2 is 2.15 bits per heavy atom. The van der Waals surface area contributed by atoms with E-state index in [1.807, 2.05) is 12.1 Å². The Morgan fingerprint density at radius 1 is 1.35 bits per heavy atom. The molecule has 1 aliphatic carbocycles. The number of nitriles is 1. The number of pyridine rings is 1. The number of aromatic nitrogens is 1. The number of hydrogen-bond acceptors (Lipinski definition) is 3. The average Bonchev–Trinajstić information content (AvgIpc) is 3.20. The van der Waals surface area contributed by atoms with Crippen LogP contribution >= 0.6 is 11.6 Å². The Bertz CT molecular complexity index is 649. The lowest BCUT2D eigenvalue weighted by molar-refractivity contribution is 0.802. The van der Waals surface area contributed by atoms with Gasteiger partial charge in [0.25, 0.3) is 0 Å². The molecule has 2 aromatic rings. The van der Waals surface area contributed by atoms with Gasteiger partial charge in [-0.1, -0.05) is 41.9 Å². The summed E-state index contributed by atoms with van der Waals surface area (Å²) >= 11 is 6.11. The van der Waals surface area contributed by atoms with Crippen LogP contribution in [0.5, 0.6) is 0 Å². The van der Waals surface area contributed by atoms with Gasteiger partial charge in [0.15, 0.2) is 0 Å². The molecule has 1 aromatic carbocycles. The van der Waals surface area contributed by atoms with E-state index in [9.17, 15) is 0 Å². The van der Waals surface area contributed by atoms with Gasteiger partial charge in [-0.15, -0.1) is 0 Å². The summed E-state index contributed by atoms with van der Waals surface area (Å²) in [4.78, 5) is 4.21. The lowest BCUT2D eigenvalue weighted by Gasteiger charge is -2.07. The monoisotopic (exact) mass is 283 g/mol. The highest BCUT2D eigenvalue weighted by Crippen LogP contribution is 2.37. The summed E-state index contributed by atoms with van der Waals surface area (Å²) < 4.78 is 0. The van der Waals surface area contributed by atoms with Crippen LogP contribution in [0.2, 0.25) is 5.02 Å². The molecular weight excluding hydrogens is 270 g/mol. The second-order valence-corrected chi connectivity index (χ2v) is 5.51. The van der Waals surface area contributed by atoms with Crippen LogP contribution in [0.3, 0.4) is 0 Å². The first kappa shape index (κ1) is 13.0. The standard InChI is InChI=1S/C16H14ClN3/c17-14-7-12(9-18)10-19-16(14)20-15-8-13(15)6-11-4-2-1-3-5-11/h1-5,7,10,13,15H,6,8H2,(H,19,20). The van der Waals surface area contributed by atoms with Crippen molar-refractivity contribution in [1.82, 2.24) is 4.98 Å². The molecule has 0 aliphatic heterocycles. The molecular formula is C16H14ClN3. The highest BCUT2D eigenvalue weighted by atomic mass is 35.5. The van der Waals surface area contributed by atoms with E-state index in [0.717, 1.165) is 12.8 Å². The van der Waals surface area contributed by atoms with Gasteiger partial charge in [-0.3, -0.25) is 0 Å². The zero-order valence-corrected chi connectivity index (χ0v) is 11.6. The molecule has 2 unspecified atom stereocenters. The van der Waals surface area contributed by atoms with E-state index in [4.69, 9.17) is 16.9 Å². The molecule has 3 rings (SSSR count). The second-order valence-electron chi connectivity index (χ2n) is 5.10. The van der Waals surface area contributed by atoms with Gasteiger partial charge in [0.1, 0.15) is 11.9 Å². The third kappa shape index (κ3) is 2.92. The Balaban J connectivity index is 1.60. The maximum absolute atomic E-state index is 8.78. The molecule has 20 heavy (non-hydrogen) atoms. The molecule has 1 fully saturated rings. The predicted octanol–water partition coefficient (Wildman–Crippen LogP) is 3.65. The predicted molar refractivity (Wildman–Crippen MR) is 79.6 cm³/mol. The first-order chi connectivity index (χ1) is 9.76. The summed E-state index contributed by atoms with van der Waals surface area (Å²) in [7, 11) is 0. The van der Waals surface area contributed by atoms with Crippen molar-refractivity contribution in [3.8, 4) is 6.07 Å². The number of anilines is 1. The lowest BCUT2D eigenvalue weighted by Crippen LogP contribution is -2.08. The molecule has 3 nitrogen and oxygen atoms in total. The minimum absolute atomic E-state index is 0.424. The third-order valence-electron chi connectivity index (χ3n) is 3.56. The van der Waals surface area contributed by atoms with E-state index in [1.165, 1.54) is 5.56 Å². The van der Waals surface area contributed by atoms with Crippen molar-refractivity contribution < 1.29 is 0 Å². The van der Waals surface area contributed by atoms with Gasteiger partial charge >= 0.3 is 0 Å². The first-order valence-corrected chi connectivity index (χ1v) is 7.00. The zero-order valence-electron chi connectivity index (χ0n) is 10.9. The second kappa shape index (κ2) is 5.52. The highest BCUT2D eigenvalue weighted by Gasteiger charge is 2.37. The van der Waals surface area contributed by atoms with Crippen LogP contribution in [0.4, 0.5) is 5.82 Å². The van der Waals surface area contributed by atoms with Crippen LogP contribution in [-0.4, -0.2) is 11.0 Å². The van der Waals surface area contributed by atoms with Gasteiger partial charge in [0, 0.05) is 12.2 Å². The Morgan fingerprint density at radius 3 is 2.85 bits per heavy atom. The Kier molecular flexibility index (Phi) is 3.58. The number of nitrogens with one attached hydrogen (secondary N) is 1. The molecule has 0 amide bonds. The number of hydrogen-bond donors (Lipinski definition) is 1. The van der Waals surface area contributed by atoms with E-state index in [0.29, 0.717) is 28.4 Å². The maximum Gasteiger partial charge on any atom is 0.145 e. The number of rotatable bonds is 4. The van der Waals surface area contributed by atoms with Gasteiger partial charge in [-0.05, 0) is 30.4 Å². The third-order valence-corrected chi connectivity index (χ3v) is 3.84. The van der Waals surface area contributed by atoms with Gasteiger partial charge in [-0.2, -0.15) is 5.26 Å². The van der Waals surface area contributed by atoms with Crippen LogP contribution < -0.4 is 5.32 Å². The largest absolute Gasteiger partial charge is 0.366 e. The van der Waals surface area contributed by atoms with Crippen molar-refractivity contribution >= 4 is 17.4 Å². The van der Waals surface area contributed by atoms with Crippen molar-refractivity contribution in [1.29, 1.82) is 5.26 Å². The van der Waals surface area contributed by atoms with Gasteiger partial charge < -0.3 is 5.32 Å². The SMILES string of the molecule is N#Cc1cnc(NC2CC2Cc2ccccc2)c(Cl)c1. The molecule has 4 heteroatoms. The Labute approximate surface area is 123 Å². The molecule has 0 spiro atoms. The average molecular weight is 284 g/mol. The topological polar surface area (TPSA) is 48.7 Å². The fraction of sp³-hybridized carbons (Fsp3) is 0.250. The normalized spacial score (nSPS) is 20.2. The summed E-state index contributed by atoms with van der Waals surface area (Å²) in [6.07, 6.45) is 3.75. The molecule has 1 aromatic heterocycles. The van der Waals surface area contributed by atoms with E-state index in [-0.39, 0.29) is 0 Å². The summed E-state index contributed by atoms with van der Waals surface area (Å²) in [5.41, 5.74) is 1.85. The summed E-state index contributed by atoms with van der Waals surface area (Å²) in [5, 5.41) is 12.6. The van der Waals surface area contributed by atoms with E-state index in [1.54, 1.807) is 12.3 Å². The van der Waals surface area contributed by atoms with Crippen LogP contribution in [0, 0.1) is 17.2 Å². The van der Waals surface area contributed by atoms with Crippen LogP contribution in [0.25, 0.3) is 0 Å². The molecule has 100 valence electrons. The van der Waals surface area contributed by atoms with E-state index < -0.39 is 0 Å². The van der Waals surface area contributed by atoms with Gasteiger partial charge in [0.2, 0.25) is 0 Å². The van der Waals surface area contributed by atoms with E-state index in [2.05, 4.69) is 34.6 Å². The lowest BCUT2D eigenvalue weighted by atomic mass is 10.1. The van der Waals surface area contributed by atoms with Crippen LogP contribution in [0.15, 0.2) is 42.6 Å². The maximum atomic E-state index is 8.78. The van der Waals surface area contributed by atoms with Crippen molar-refractivity contribution in [2.24, 2.45) is 5.92 Å². The molecule has 0 radical (unpaired) electrons. The smallest absolute Gasteiger partial charge is 0.145 e. The fourth-order valence-electron chi connectivity index (χ4n) is 2.35. The van der Waals surface area contributed by atoms with Crippen LogP contribution in [0.1, 0.15) is 17.5 Å². The van der Waals surface area contributed by atoms with Crippen molar-refractivity contribution in [2.45, 2.75) is 18.9 Å². The summed E-state index contributed by atoms with van der Waals surface area (Å²) in [6, 6.07) is 14.6. The molecule has 0 bridgehead atoms. The summed E-state index contributed by atoms with van der Waals surface area (Å²) in [6.45, 7) is 0. The molecule has 2 atom stereocenters. The fourth-order valence-corrected chi connectivity index (χ4v) is 2.57. The van der Waals surface area contributed by atoms with E-state index >= 15 is 0 Å². The van der Waals surface area contributed by atoms with Gasteiger partial charge in [-0.25, -0.2) is 4.98 Å². The molecule has 1 heterocycles. The molecule has 1 N–H and O–H groups in total. The Hall–Kier alpha value is -2.05. The minimum Gasteiger partial charge on any atom is -0.366 e. The number of benzene rings is 1. The number of nitrogens with zero attached hydrogens (tertiary/aromatic N) is 2. The first-order valence-electron chi connectivity index (χ1n) is 6.62. The number of halogens is 1. The summed E-state index contributed by atoms with van der Waals surface area (Å²) in [5.74, 6) is 1.30. The van der Waals surface area contributed by atoms with Gasteiger partial charge in [0.05, 0.1) is 10.6 Å². The van der Waals surface area contributed by atoms with Crippen molar-refractivity contribution in [2.75, 3.05) is 5.32 Å². The highest BCUT2D eigenvalue weighted by molar-refractivity contribution is 6.33. The van der Waals surface area contributed by atoms with Crippen molar-refractivity contribution in [3.63, 3.8) is 0 Å². The molecule has 1 saturated carbocycles. The molecule has 1 aliphatic rings. The molecule has 0 saturated heterocycles. The minimum atomic E-state index is 0.424. The van der Waals surface area contributed by atoms with Crippen LogP contribution in [-0.2, 0) is 6.42 Å².